The van der Waals surface area contributed by atoms with Crippen molar-refractivity contribution < 1.29 is 4.39 Å². The molecule has 1 aliphatic carbocycles. The number of likely N-dealkylation sites (N-methyl/N-ethyl adjacent to an activating group) is 1. The van der Waals surface area contributed by atoms with Gasteiger partial charge < -0.3 is 20.4 Å². The Morgan fingerprint density at radius 2 is 1.73 bits per heavy atom. The molecule has 1 atom stereocenters. The van der Waals surface area contributed by atoms with E-state index in [1.54, 1.807) is 6.07 Å². The fraction of sp³-hybridized carbons (Fsp3) is 0.647. The molecular formula is C17H25FN4. The molecule has 1 saturated carbocycles. The third-order valence-electron chi connectivity index (χ3n) is 5.32. The third kappa shape index (κ3) is 2.46. The summed E-state index contributed by atoms with van der Waals surface area (Å²) >= 11 is 0. The van der Waals surface area contributed by atoms with Crippen LogP contribution in [0.5, 0.6) is 0 Å². The molecule has 4 rings (SSSR count). The van der Waals surface area contributed by atoms with Crippen molar-refractivity contribution >= 4 is 11.4 Å². The molecule has 2 heterocycles. The van der Waals surface area contributed by atoms with Crippen LogP contribution >= 0.6 is 0 Å². The van der Waals surface area contributed by atoms with E-state index in [1.807, 2.05) is 0 Å². The van der Waals surface area contributed by atoms with E-state index in [4.69, 9.17) is 5.73 Å². The number of nitrogens with zero attached hydrogens (tertiary/aromatic N) is 3. The number of benzene rings is 1. The molecule has 1 saturated heterocycles. The van der Waals surface area contributed by atoms with E-state index in [9.17, 15) is 4.39 Å². The Hall–Kier alpha value is -1.33. The van der Waals surface area contributed by atoms with Gasteiger partial charge in [0, 0.05) is 50.5 Å². The van der Waals surface area contributed by atoms with Crippen molar-refractivity contribution in [3.8, 4) is 0 Å². The maximum absolute atomic E-state index is 14.6. The van der Waals surface area contributed by atoms with Crippen LogP contribution in [0.3, 0.4) is 0 Å². The van der Waals surface area contributed by atoms with Crippen LogP contribution in [-0.2, 0) is 0 Å². The van der Waals surface area contributed by atoms with E-state index < -0.39 is 0 Å². The summed E-state index contributed by atoms with van der Waals surface area (Å²) in [6.45, 7) is 4.76. The lowest BCUT2D eigenvalue weighted by atomic mass is 9.95. The van der Waals surface area contributed by atoms with Gasteiger partial charge in [-0.15, -0.1) is 0 Å². The van der Waals surface area contributed by atoms with Crippen molar-refractivity contribution in [3.63, 3.8) is 0 Å². The Kier molecular flexibility index (Phi) is 3.50. The first-order chi connectivity index (χ1) is 10.6. The van der Waals surface area contributed by atoms with Gasteiger partial charge in [0.1, 0.15) is 5.82 Å². The average molecular weight is 304 g/mol. The van der Waals surface area contributed by atoms with Crippen molar-refractivity contribution in [2.75, 3.05) is 49.6 Å². The Bertz CT molecular complexity index is 564. The summed E-state index contributed by atoms with van der Waals surface area (Å²) in [5, 5.41) is 0. The Balaban J connectivity index is 1.69. The molecule has 0 radical (unpaired) electrons. The number of fused-ring (bicyclic) bond motifs is 1. The number of nitrogens with two attached hydrogens (primary N) is 1. The predicted octanol–water partition coefficient (Wildman–Crippen LogP) is 1.95. The van der Waals surface area contributed by atoms with Gasteiger partial charge in [0.15, 0.2) is 0 Å². The van der Waals surface area contributed by atoms with Gasteiger partial charge in [0.25, 0.3) is 0 Å². The highest BCUT2D eigenvalue weighted by Crippen LogP contribution is 2.42. The van der Waals surface area contributed by atoms with Crippen LogP contribution in [-0.4, -0.2) is 50.7 Å². The largest absolute Gasteiger partial charge is 0.368 e. The van der Waals surface area contributed by atoms with Gasteiger partial charge in [0.2, 0.25) is 0 Å². The smallest absolute Gasteiger partial charge is 0.146 e. The van der Waals surface area contributed by atoms with Gasteiger partial charge in [-0.1, -0.05) is 0 Å². The molecule has 1 aromatic carbocycles. The highest BCUT2D eigenvalue weighted by atomic mass is 19.1. The second-order valence-electron chi connectivity index (χ2n) is 6.97. The van der Waals surface area contributed by atoms with E-state index in [0.29, 0.717) is 6.04 Å². The van der Waals surface area contributed by atoms with Crippen molar-refractivity contribution in [1.29, 1.82) is 0 Å². The second kappa shape index (κ2) is 5.39. The van der Waals surface area contributed by atoms with Crippen molar-refractivity contribution in [1.82, 2.24) is 4.90 Å². The molecule has 3 aliphatic rings. The van der Waals surface area contributed by atoms with E-state index in [1.165, 1.54) is 18.5 Å². The lowest BCUT2D eigenvalue weighted by Crippen LogP contribution is -2.45. The van der Waals surface area contributed by atoms with Crippen LogP contribution < -0.4 is 15.5 Å². The molecule has 0 aromatic heterocycles. The van der Waals surface area contributed by atoms with Crippen LogP contribution in [0.25, 0.3) is 0 Å². The quantitative estimate of drug-likeness (QED) is 0.906. The average Bonchev–Trinajstić information content (AvgIpc) is 3.33. The van der Waals surface area contributed by atoms with Gasteiger partial charge in [-0.25, -0.2) is 4.39 Å². The highest BCUT2D eigenvalue weighted by molar-refractivity contribution is 5.67. The molecule has 0 spiro atoms. The molecule has 1 aromatic rings. The maximum atomic E-state index is 14.6. The maximum Gasteiger partial charge on any atom is 0.146 e. The minimum absolute atomic E-state index is 0.0268. The first kappa shape index (κ1) is 14.3. The summed E-state index contributed by atoms with van der Waals surface area (Å²) in [6, 6.07) is 4.38. The fourth-order valence-corrected chi connectivity index (χ4v) is 3.72. The van der Waals surface area contributed by atoms with E-state index >= 15 is 0 Å². The van der Waals surface area contributed by atoms with E-state index in [2.05, 4.69) is 27.8 Å². The van der Waals surface area contributed by atoms with E-state index in [0.717, 1.165) is 50.4 Å². The van der Waals surface area contributed by atoms with Crippen molar-refractivity contribution in [2.24, 2.45) is 5.73 Å². The van der Waals surface area contributed by atoms with E-state index in [-0.39, 0.29) is 11.9 Å². The summed E-state index contributed by atoms with van der Waals surface area (Å²) in [6.07, 6.45) is 3.45. The third-order valence-corrected chi connectivity index (χ3v) is 5.32. The molecule has 0 bridgehead atoms. The zero-order chi connectivity index (χ0) is 15.3. The number of hydrogen-bond donors (Lipinski definition) is 1. The summed E-state index contributed by atoms with van der Waals surface area (Å²) in [5.41, 5.74) is 9.16. The Morgan fingerprint density at radius 3 is 2.41 bits per heavy atom. The van der Waals surface area contributed by atoms with Crippen LogP contribution in [0.2, 0.25) is 0 Å². The van der Waals surface area contributed by atoms with Crippen LogP contribution in [0.1, 0.15) is 30.9 Å². The molecular weight excluding hydrogens is 279 g/mol. The first-order valence-electron chi connectivity index (χ1n) is 8.42. The summed E-state index contributed by atoms with van der Waals surface area (Å²) in [5.74, 6) is -0.114. The molecule has 1 unspecified atom stereocenters. The number of piperazine rings is 1. The molecule has 5 heteroatoms. The van der Waals surface area contributed by atoms with Crippen molar-refractivity contribution in [3.05, 3.63) is 23.5 Å². The monoisotopic (exact) mass is 304 g/mol. The van der Waals surface area contributed by atoms with Crippen LogP contribution in [0, 0.1) is 5.82 Å². The van der Waals surface area contributed by atoms with Gasteiger partial charge in [-0.2, -0.15) is 0 Å². The predicted molar refractivity (Wildman–Crippen MR) is 88.0 cm³/mol. The second-order valence-corrected chi connectivity index (χ2v) is 6.97. The summed E-state index contributed by atoms with van der Waals surface area (Å²) < 4.78 is 14.6. The fourth-order valence-electron chi connectivity index (χ4n) is 3.72. The molecule has 2 N–H and O–H groups in total. The van der Waals surface area contributed by atoms with Gasteiger partial charge in [0.05, 0.1) is 5.69 Å². The highest BCUT2D eigenvalue weighted by Gasteiger charge is 2.35. The van der Waals surface area contributed by atoms with Gasteiger partial charge >= 0.3 is 0 Å². The SMILES string of the molecule is CN1CCN(c2cc3c(cc2F)C(N)CCN3C2CC2)CC1. The van der Waals surface area contributed by atoms with Crippen molar-refractivity contribution in [2.45, 2.75) is 31.3 Å². The normalized spacial score (nSPS) is 26.2. The zero-order valence-corrected chi connectivity index (χ0v) is 13.3. The minimum Gasteiger partial charge on any atom is -0.368 e. The number of rotatable bonds is 2. The van der Waals surface area contributed by atoms with Crippen LogP contribution in [0.4, 0.5) is 15.8 Å². The minimum atomic E-state index is -0.114. The van der Waals surface area contributed by atoms with Gasteiger partial charge in [-0.3, -0.25) is 0 Å². The standard InChI is InChI=1S/C17H25FN4/c1-20-6-8-21(9-7-20)17-11-16-13(10-14(17)18)15(19)4-5-22(16)12-2-3-12/h10-12,15H,2-9,19H2,1H3. The molecule has 22 heavy (non-hydrogen) atoms. The molecule has 2 aliphatic heterocycles. The van der Waals surface area contributed by atoms with Crippen LogP contribution in [0.15, 0.2) is 12.1 Å². The Morgan fingerprint density at radius 1 is 1.00 bits per heavy atom. The number of halogens is 1. The summed E-state index contributed by atoms with van der Waals surface area (Å²) in [4.78, 5) is 6.93. The lowest BCUT2D eigenvalue weighted by Gasteiger charge is -2.38. The topological polar surface area (TPSA) is 35.7 Å². The molecule has 4 nitrogen and oxygen atoms in total. The first-order valence-corrected chi connectivity index (χ1v) is 8.42. The lowest BCUT2D eigenvalue weighted by molar-refractivity contribution is 0.311. The molecule has 120 valence electrons. The number of hydrogen-bond acceptors (Lipinski definition) is 4. The Labute approximate surface area is 131 Å². The molecule has 2 fully saturated rings. The van der Waals surface area contributed by atoms with Gasteiger partial charge in [-0.05, 0) is 44.0 Å². The summed E-state index contributed by atoms with van der Waals surface area (Å²) in [7, 11) is 2.12. The number of anilines is 2. The molecule has 0 amide bonds. The zero-order valence-electron chi connectivity index (χ0n) is 13.3.